The minimum atomic E-state index is -0.531. The van der Waals surface area contributed by atoms with Crippen LogP contribution in [0.25, 0.3) is 0 Å². The average molecular weight is 324 g/mol. The van der Waals surface area contributed by atoms with Gasteiger partial charge in [0, 0.05) is 10.3 Å². The molecule has 2 nitrogen and oxygen atoms in total. The van der Waals surface area contributed by atoms with Gasteiger partial charge in [0.25, 0.3) is 0 Å². The van der Waals surface area contributed by atoms with Gasteiger partial charge < -0.3 is 5.32 Å². The van der Waals surface area contributed by atoms with Crippen molar-refractivity contribution in [1.82, 2.24) is 0 Å². The second-order valence-corrected chi connectivity index (χ2v) is 6.30. The van der Waals surface area contributed by atoms with Crippen LogP contribution in [0.3, 0.4) is 0 Å². The van der Waals surface area contributed by atoms with Crippen molar-refractivity contribution in [2.24, 2.45) is 0 Å². The highest BCUT2D eigenvalue weighted by molar-refractivity contribution is 8.00. The first-order chi connectivity index (χ1) is 10.1. The van der Waals surface area contributed by atoms with Crippen LogP contribution in [0, 0.1) is 5.82 Å². The molecule has 0 heterocycles. The molecule has 1 amide bonds. The molecule has 21 heavy (non-hydrogen) atoms. The molecular weight excluding hydrogens is 309 g/mol. The number of thioether (sulfide) groups is 1. The van der Waals surface area contributed by atoms with Crippen molar-refractivity contribution >= 4 is 35.0 Å². The van der Waals surface area contributed by atoms with Crippen molar-refractivity contribution in [3.8, 4) is 0 Å². The third-order valence-electron chi connectivity index (χ3n) is 2.94. The summed E-state index contributed by atoms with van der Waals surface area (Å²) in [6, 6.07) is 14.1. The summed E-state index contributed by atoms with van der Waals surface area (Å²) in [4.78, 5) is 11.9. The summed E-state index contributed by atoms with van der Waals surface area (Å²) in [5.74, 6) is -0.501. The highest BCUT2D eigenvalue weighted by Crippen LogP contribution is 2.28. The van der Waals surface area contributed by atoms with E-state index in [1.165, 1.54) is 23.9 Å². The van der Waals surface area contributed by atoms with Crippen molar-refractivity contribution < 1.29 is 9.18 Å². The molecule has 0 aromatic heterocycles. The maximum atomic E-state index is 13.6. The molecule has 0 radical (unpaired) electrons. The fourth-order valence-electron chi connectivity index (χ4n) is 1.80. The van der Waals surface area contributed by atoms with Gasteiger partial charge in [-0.3, -0.25) is 4.79 Å². The molecule has 110 valence electrons. The lowest BCUT2D eigenvalue weighted by Crippen LogP contribution is -2.15. The van der Waals surface area contributed by atoms with Crippen LogP contribution in [0.5, 0.6) is 0 Å². The predicted octanol–water partition coefficient (Wildman–Crippen LogP) is 4.91. The molecule has 0 saturated carbocycles. The number of hydrogen-bond acceptors (Lipinski definition) is 2. The summed E-state index contributed by atoms with van der Waals surface area (Å²) in [6.07, 6.45) is 0. The SMILES string of the molecule is C[C@H](SCC(=O)Nc1ccc(Cl)cc1F)c1ccccc1. The Bertz CT molecular complexity index is 621. The van der Waals surface area contributed by atoms with Gasteiger partial charge >= 0.3 is 0 Å². The zero-order valence-corrected chi connectivity index (χ0v) is 13.0. The fraction of sp³-hybridized carbons (Fsp3) is 0.188. The monoisotopic (exact) mass is 323 g/mol. The third kappa shape index (κ3) is 4.76. The number of carbonyl (C=O) groups excluding carboxylic acids is 1. The van der Waals surface area contributed by atoms with Crippen LogP contribution in [0.2, 0.25) is 5.02 Å². The van der Waals surface area contributed by atoms with Crippen LogP contribution < -0.4 is 5.32 Å². The van der Waals surface area contributed by atoms with Gasteiger partial charge in [0.05, 0.1) is 11.4 Å². The molecule has 0 saturated heterocycles. The first-order valence-electron chi connectivity index (χ1n) is 6.47. The molecule has 0 aliphatic carbocycles. The number of benzene rings is 2. The first-order valence-corrected chi connectivity index (χ1v) is 7.90. The van der Waals surface area contributed by atoms with Gasteiger partial charge in [-0.25, -0.2) is 4.39 Å². The van der Waals surface area contributed by atoms with E-state index < -0.39 is 5.82 Å². The van der Waals surface area contributed by atoms with Crippen LogP contribution in [-0.2, 0) is 4.79 Å². The number of carbonyl (C=O) groups is 1. The zero-order valence-electron chi connectivity index (χ0n) is 11.5. The van der Waals surface area contributed by atoms with Crippen molar-refractivity contribution in [2.45, 2.75) is 12.2 Å². The van der Waals surface area contributed by atoms with E-state index in [0.29, 0.717) is 5.02 Å². The number of halogens is 2. The van der Waals surface area contributed by atoms with Crippen LogP contribution in [0.4, 0.5) is 10.1 Å². The normalized spacial score (nSPS) is 12.0. The summed E-state index contributed by atoms with van der Waals surface area (Å²) < 4.78 is 13.6. The Morgan fingerprint density at radius 1 is 1.29 bits per heavy atom. The molecule has 1 N–H and O–H groups in total. The fourth-order valence-corrected chi connectivity index (χ4v) is 2.78. The zero-order chi connectivity index (χ0) is 15.2. The van der Waals surface area contributed by atoms with Gasteiger partial charge in [-0.2, -0.15) is 0 Å². The Morgan fingerprint density at radius 2 is 2.00 bits per heavy atom. The van der Waals surface area contributed by atoms with Gasteiger partial charge in [0.1, 0.15) is 5.82 Å². The molecule has 0 unspecified atom stereocenters. The lowest BCUT2D eigenvalue weighted by Gasteiger charge is -2.12. The Balaban J connectivity index is 1.87. The van der Waals surface area contributed by atoms with Gasteiger partial charge in [-0.1, -0.05) is 41.9 Å². The largest absolute Gasteiger partial charge is 0.323 e. The van der Waals surface area contributed by atoms with Crippen LogP contribution in [-0.4, -0.2) is 11.7 Å². The lowest BCUT2D eigenvalue weighted by atomic mass is 10.2. The van der Waals surface area contributed by atoms with E-state index in [9.17, 15) is 9.18 Å². The Hall–Kier alpha value is -1.52. The summed E-state index contributed by atoms with van der Waals surface area (Å²) in [5, 5.41) is 3.06. The van der Waals surface area contributed by atoms with Crippen molar-refractivity contribution in [3.63, 3.8) is 0 Å². The topological polar surface area (TPSA) is 29.1 Å². The summed E-state index contributed by atoms with van der Waals surface area (Å²) in [6.45, 7) is 2.04. The van der Waals surface area contributed by atoms with Gasteiger partial charge in [0.15, 0.2) is 0 Å². The molecule has 0 bridgehead atoms. The highest BCUT2D eigenvalue weighted by atomic mass is 35.5. The number of amides is 1. The summed E-state index contributed by atoms with van der Waals surface area (Å²) in [7, 11) is 0. The van der Waals surface area contributed by atoms with E-state index in [-0.39, 0.29) is 22.6 Å². The number of rotatable bonds is 5. The molecule has 0 aliphatic heterocycles. The molecule has 1 atom stereocenters. The Kier molecular flexibility index (Phi) is 5.65. The second kappa shape index (κ2) is 7.48. The van der Waals surface area contributed by atoms with Gasteiger partial charge in [-0.05, 0) is 30.7 Å². The molecule has 2 rings (SSSR count). The summed E-state index contributed by atoms with van der Waals surface area (Å²) in [5.41, 5.74) is 1.31. The second-order valence-electron chi connectivity index (χ2n) is 4.54. The standard InChI is InChI=1S/C16H15ClFNOS/c1-11(12-5-3-2-4-6-12)21-10-16(20)19-15-8-7-13(17)9-14(15)18/h2-9,11H,10H2,1H3,(H,19,20)/t11-/m0/s1. The predicted molar refractivity (Wildman–Crippen MR) is 87.4 cm³/mol. The number of anilines is 1. The van der Waals surface area contributed by atoms with E-state index in [0.717, 1.165) is 5.56 Å². The van der Waals surface area contributed by atoms with Crippen LogP contribution >= 0.6 is 23.4 Å². The van der Waals surface area contributed by atoms with Crippen LogP contribution in [0.15, 0.2) is 48.5 Å². The van der Waals surface area contributed by atoms with E-state index in [1.807, 2.05) is 37.3 Å². The molecule has 0 aliphatic rings. The van der Waals surface area contributed by atoms with E-state index in [1.54, 1.807) is 6.07 Å². The minimum absolute atomic E-state index is 0.150. The first kappa shape index (κ1) is 15.9. The molecule has 5 heteroatoms. The maximum absolute atomic E-state index is 13.6. The number of nitrogens with one attached hydrogen (secondary N) is 1. The average Bonchev–Trinajstić information content (AvgIpc) is 2.48. The lowest BCUT2D eigenvalue weighted by molar-refractivity contribution is -0.113. The molecule has 2 aromatic carbocycles. The Morgan fingerprint density at radius 3 is 2.67 bits per heavy atom. The Labute approximate surface area is 132 Å². The quantitative estimate of drug-likeness (QED) is 0.846. The van der Waals surface area contributed by atoms with Crippen molar-refractivity contribution in [1.29, 1.82) is 0 Å². The molecule has 2 aromatic rings. The van der Waals surface area contributed by atoms with E-state index in [2.05, 4.69) is 5.32 Å². The van der Waals surface area contributed by atoms with Gasteiger partial charge in [-0.15, -0.1) is 11.8 Å². The summed E-state index contributed by atoms with van der Waals surface area (Å²) >= 11 is 7.17. The molecule has 0 fully saturated rings. The highest BCUT2D eigenvalue weighted by Gasteiger charge is 2.11. The minimum Gasteiger partial charge on any atom is -0.323 e. The van der Waals surface area contributed by atoms with E-state index in [4.69, 9.17) is 11.6 Å². The third-order valence-corrected chi connectivity index (χ3v) is 4.37. The van der Waals surface area contributed by atoms with Crippen LogP contribution in [0.1, 0.15) is 17.7 Å². The van der Waals surface area contributed by atoms with Crippen molar-refractivity contribution in [3.05, 3.63) is 64.9 Å². The smallest absolute Gasteiger partial charge is 0.234 e. The van der Waals surface area contributed by atoms with Gasteiger partial charge in [0.2, 0.25) is 5.91 Å². The van der Waals surface area contributed by atoms with E-state index >= 15 is 0 Å². The van der Waals surface area contributed by atoms with Crippen molar-refractivity contribution in [2.75, 3.05) is 11.1 Å². The number of hydrogen-bond donors (Lipinski definition) is 1. The molecular formula is C16H15ClFNOS. The maximum Gasteiger partial charge on any atom is 0.234 e. The molecule has 0 spiro atoms.